The Morgan fingerprint density at radius 2 is 1.56 bits per heavy atom. The van der Waals surface area contributed by atoms with Crippen molar-refractivity contribution in [2.24, 2.45) is 0 Å². The van der Waals surface area contributed by atoms with Gasteiger partial charge in [0.1, 0.15) is 17.2 Å². The van der Waals surface area contributed by atoms with E-state index in [0.29, 0.717) is 35.8 Å². The summed E-state index contributed by atoms with van der Waals surface area (Å²) in [5.41, 5.74) is 0.599. The maximum atomic E-state index is 11.9. The van der Waals surface area contributed by atoms with Gasteiger partial charge in [-0.25, -0.2) is 4.79 Å². The quantitative estimate of drug-likeness (QED) is 0.391. The average molecular weight is 342 g/mol. The third-order valence-corrected chi connectivity index (χ3v) is 3.36. The lowest BCUT2D eigenvalue weighted by Gasteiger charge is -2.09. The Morgan fingerprint density at radius 1 is 0.880 bits per heavy atom. The van der Waals surface area contributed by atoms with E-state index in [-0.39, 0.29) is 12.4 Å². The van der Waals surface area contributed by atoms with Crippen LogP contribution in [0.4, 0.5) is 0 Å². The van der Waals surface area contributed by atoms with E-state index in [2.05, 4.69) is 0 Å². The van der Waals surface area contributed by atoms with E-state index < -0.39 is 5.97 Å². The molecule has 0 heterocycles. The van der Waals surface area contributed by atoms with Gasteiger partial charge in [-0.2, -0.15) is 0 Å². The molecule has 25 heavy (non-hydrogen) atoms. The van der Waals surface area contributed by atoms with E-state index in [1.165, 1.54) is 0 Å². The van der Waals surface area contributed by atoms with Crippen LogP contribution in [0.5, 0.6) is 17.2 Å². The van der Waals surface area contributed by atoms with Crippen molar-refractivity contribution in [3.63, 3.8) is 0 Å². The van der Waals surface area contributed by atoms with Gasteiger partial charge in [0, 0.05) is 18.1 Å². The maximum Gasteiger partial charge on any atom is 0.349 e. The molecule has 0 aliphatic rings. The van der Waals surface area contributed by atoms with Crippen LogP contribution in [-0.2, 0) is 4.79 Å². The maximum absolute atomic E-state index is 11.9. The van der Waals surface area contributed by atoms with Gasteiger partial charge < -0.3 is 14.2 Å². The minimum atomic E-state index is -0.519. The van der Waals surface area contributed by atoms with Crippen LogP contribution in [0, 0.1) is 0 Å². The van der Waals surface area contributed by atoms with E-state index in [4.69, 9.17) is 14.2 Å². The first-order valence-electron chi connectivity index (χ1n) is 8.32. The number of Topliss-reactive ketones (excluding diaryl/α,β-unsaturated/α-hetero) is 1. The van der Waals surface area contributed by atoms with Crippen molar-refractivity contribution in [2.45, 2.75) is 26.7 Å². The second-order valence-electron chi connectivity index (χ2n) is 5.39. The number of rotatable bonds is 9. The molecule has 0 unspecified atom stereocenters. The van der Waals surface area contributed by atoms with Crippen LogP contribution in [-0.4, -0.2) is 25.0 Å². The van der Waals surface area contributed by atoms with Gasteiger partial charge in [0.05, 0.1) is 6.61 Å². The Bertz CT molecular complexity index is 706. The molecule has 2 rings (SSSR count). The van der Waals surface area contributed by atoms with Gasteiger partial charge >= 0.3 is 5.97 Å². The van der Waals surface area contributed by atoms with Gasteiger partial charge in [0.25, 0.3) is 0 Å². The summed E-state index contributed by atoms with van der Waals surface area (Å²) in [5, 5.41) is 0. The zero-order valence-corrected chi connectivity index (χ0v) is 14.5. The number of carbonyl (C=O) groups is 2. The van der Waals surface area contributed by atoms with Crippen molar-refractivity contribution in [1.29, 1.82) is 0 Å². The van der Waals surface area contributed by atoms with E-state index in [9.17, 15) is 9.59 Å². The zero-order chi connectivity index (χ0) is 18.1. The minimum Gasteiger partial charge on any atom is -0.493 e. The molecule has 0 saturated heterocycles. The van der Waals surface area contributed by atoms with Crippen molar-refractivity contribution in [1.82, 2.24) is 0 Å². The second-order valence-corrected chi connectivity index (χ2v) is 5.39. The summed E-state index contributed by atoms with van der Waals surface area (Å²) in [7, 11) is 0. The Kier molecular flexibility index (Phi) is 7.01. The lowest BCUT2D eigenvalue weighted by atomic mass is 10.1. The van der Waals surface area contributed by atoms with Gasteiger partial charge in [-0.1, -0.05) is 19.9 Å². The van der Waals surface area contributed by atoms with Gasteiger partial charge in [0.2, 0.25) is 0 Å². The van der Waals surface area contributed by atoms with Crippen molar-refractivity contribution in [3.8, 4) is 17.2 Å². The molecule has 0 fully saturated rings. The number of esters is 1. The number of carbonyl (C=O) groups excluding carboxylic acids is 2. The number of benzene rings is 2. The van der Waals surface area contributed by atoms with Crippen molar-refractivity contribution in [3.05, 3.63) is 54.1 Å². The zero-order valence-electron chi connectivity index (χ0n) is 14.5. The Labute approximate surface area is 147 Å². The molecule has 5 heteroatoms. The monoisotopic (exact) mass is 342 g/mol. The Hall–Kier alpha value is -2.82. The third-order valence-electron chi connectivity index (χ3n) is 3.36. The fraction of sp³-hybridized carbons (Fsp3) is 0.300. The topological polar surface area (TPSA) is 61.8 Å². The summed E-state index contributed by atoms with van der Waals surface area (Å²) in [6.07, 6.45) is 1.36. The Balaban J connectivity index is 1.85. The molecule has 2 aromatic rings. The highest BCUT2D eigenvalue weighted by molar-refractivity contribution is 5.95. The lowest BCUT2D eigenvalue weighted by Crippen LogP contribution is -2.17. The Morgan fingerprint density at radius 3 is 2.20 bits per heavy atom. The van der Waals surface area contributed by atoms with Gasteiger partial charge in [0.15, 0.2) is 12.4 Å². The standard InChI is InChI=1S/C20H22O5/c1-3-12-23-17-6-5-7-18(13-17)24-14-20(22)25-16-10-8-15(9-11-16)19(21)4-2/h5-11,13H,3-4,12,14H2,1-2H3. The molecular formula is C20H22O5. The first kappa shape index (κ1) is 18.5. The van der Waals surface area contributed by atoms with Gasteiger partial charge in [-0.3, -0.25) is 4.79 Å². The van der Waals surface area contributed by atoms with Crippen molar-refractivity contribution < 1.29 is 23.8 Å². The van der Waals surface area contributed by atoms with E-state index >= 15 is 0 Å². The molecule has 0 radical (unpaired) electrons. The van der Waals surface area contributed by atoms with Gasteiger partial charge in [-0.15, -0.1) is 0 Å². The SMILES string of the molecule is CCCOc1cccc(OCC(=O)Oc2ccc(C(=O)CC)cc2)c1. The van der Waals surface area contributed by atoms with Crippen molar-refractivity contribution >= 4 is 11.8 Å². The van der Waals surface area contributed by atoms with Gasteiger partial charge in [-0.05, 0) is 42.8 Å². The third kappa shape index (κ3) is 5.95. The van der Waals surface area contributed by atoms with Crippen molar-refractivity contribution in [2.75, 3.05) is 13.2 Å². The molecule has 0 aromatic heterocycles. The molecule has 2 aromatic carbocycles. The summed E-state index contributed by atoms with van der Waals surface area (Å²) in [6.45, 7) is 4.24. The molecule has 5 nitrogen and oxygen atoms in total. The average Bonchev–Trinajstić information content (AvgIpc) is 2.65. The first-order valence-corrected chi connectivity index (χ1v) is 8.32. The fourth-order valence-electron chi connectivity index (χ4n) is 2.09. The highest BCUT2D eigenvalue weighted by atomic mass is 16.6. The smallest absolute Gasteiger partial charge is 0.349 e. The number of ether oxygens (including phenoxy) is 3. The fourth-order valence-corrected chi connectivity index (χ4v) is 2.09. The number of ketones is 1. The molecule has 0 saturated carbocycles. The molecule has 0 amide bonds. The molecule has 132 valence electrons. The predicted molar refractivity (Wildman–Crippen MR) is 94.4 cm³/mol. The summed E-state index contributed by atoms with van der Waals surface area (Å²) >= 11 is 0. The molecule has 0 N–H and O–H groups in total. The van der Waals surface area contributed by atoms with E-state index in [0.717, 1.165) is 6.42 Å². The van der Waals surface area contributed by atoms with Crippen LogP contribution in [0.3, 0.4) is 0 Å². The molecule has 0 aliphatic heterocycles. The van der Waals surface area contributed by atoms with Crippen LogP contribution < -0.4 is 14.2 Å². The highest BCUT2D eigenvalue weighted by Gasteiger charge is 2.08. The van der Waals surface area contributed by atoms with Crippen LogP contribution >= 0.6 is 0 Å². The normalized spacial score (nSPS) is 10.2. The lowest BCUT2D eigenvalue weighted by molar-refractivity contribution is -0.136. The summed E-state index contributed by atoms with van der Waals surface area (Å²) < 4.78 is 16.1. The van der Waals surface area contributed by atoms with Crippen LogP contribution in [0.1, 0.15) is 37.0 Å². The summed E-state index contributed by atoms with van der Waals surface area (Å²) in [4.78, 5) is 23.4. The molecule has 0 bridgehead atoms. The van der Waals surface area contributed by atoms with E-state index in [1.807, 2.05) is 13.0 Å². The molecule has 0 atom stereocenters. The highest BCUT2D eigenvalue weighted by Crippen LogP contribution is 2.20. The molecule has 0 spiro atoms. The molecular weight excluding hydrogens is 320 g/mol. The van der Waals surface area contributed by atoms with Crippen LogP contribution in [0.2, 0.25) is 0 Å². The number of hydrogen-bond donors (Lipinski definition) is 0. The van der Waals surface area contributed by atoms with Crippen LogP contribution in [0.25, 0.3) is 0 Å². The summed E-state index contributed by atoms with van der Waals surface area (Å²) in [6, 6.07) is 13.6. The first-order chi connectivity index (χ1) is 12.1. The predicted octanol–water partition coefficient (Wildman–Crippen LogP) is 4.05. The van der Waals surface area contributed by atoms with Crippen LogP contribution in [0.15, 0.2) is 48.5 Å². The summed E-state index contributed by atoms with van der Waals surface area (Å²) in [5.74, 6) is 1.14. The molecule has 0 aliphatic carbocycles. The number of hydrogen-bond acceptors (Lipinski definition) is 5. The second kappa shape index (κ2) is 9.47. The largest absolute Gasteiger partial charge is 0.493 e. The minimum absolute atomic E-state index is 0.0476. The van der Waals surface area contributed by atoms with E-state index in [1.54, 1.807) is 49.4 Å².